The third-order valence-electron chi connectivity index (χ3n) is 0.0546. The van der Waals surface area contributed by atoms with E-state index in [9.17, 15) is 0 Å². The first-order valence-corrected chi connectivity index (χ1v) is 5.77. The molecule has 0 amide bonds. The van der Waals surface area contributed by atoms with E-state index in [1.807, 2.05) is 0 Å². The minimum Gasteiger partial charge on any atom is -0.412 e. The second kappa shape index (κ2) is 17.6. The molecule has 0 saturated heterocycles. The van der Waals surface area contributed by atoms with Crippen LogP contribution in [-0.4, -0.2) is 31.0 Å². The summed E-state index contributed by atoms with van der Waals surface area (Å²) in [6, 6.07) is 0. The predicted molar refractivity (Wildman–Crippen MR) is 27.7 cm³/mol. The standard InChI is InChI=1S/C2H.ClH.2H2O.Sn/c1-2;;;;/h1H;1H;2*1H2;/q;;;;+1/p-1. The molecular weight excluding hydrogens is 210 g/mol. The Kier molecular flexibility index (Phi) is 47.0. The summed E-state index contributed by atoms with van der Waals surface area (Å²) in [6.45, 7) is 0. The zero-order valence-electron chi connectivity index (χ0n) is 2.96. The van der Waals surface area contributed by atoms with Crippen LogP contribution in [0.1, 0.15) is 0 Å². The van der Waals surface area contributed by atoms with Crippen LogP contribution < -0.4 is 0 Å². The molecule has 0 aliphatic carbocycles. The number of halogens is 1. The summed E-state index contributed by atoms with van der Waals surface area (Å²) in [4.78, 5) is 0. The fourth-order valence-electron chi connectivity index (χ4n) is 0. The van der Waals surface area contributed by atoms with Crippen LogP contribution in [0.3, 0.4) is 0 Å². The topological polar surface area (TPSA) is 63.0 Å². The molecule has 4 heteroatoms. The molecule has 0 rings (SSSR count). The van der Waals surface area contributed by atoms with Crippen molar-refractivity contribution >= 4 is 28.9 Å². The molecule has 2 radical (unpaired) electrons. The van der Waals surface area contributed by atoms with Gasteiger partial charge in [-0.25, -0.2) is 0 Å². The van der Waals surface area contributed by atoms with Gasteiger partial charge in [0, 0.05) is 0 Å². The molecule has 0 bridgehead atoms. The zero-order chi connectivity index (χ0) is 3.41. The normalized spacial score (nSPS) is 3.33. The smallest absolute Gasteiger partial charge is 0.412 e. The van der Waals surface area contributed by atoms with E-state index in [0.717, 1.165) is 0 Å². The van der Waals surface area contributed by atoms with Crippen LogP contribution >= 0.6 is 8.92 Å². The quantitative estimate of drug-likeness (QED) is 0.359. The summed E-state index contributed by atoms with van der Waals surface area (Å²) in [7, 11) is 5.12. The summed E-state index contributed by atoms with van der Waals surface area (Å²) >= 11 is -0.776. The maximum atomic E-state index is 5.12. The van der Waals surface area contributed by atoms with Crippen LogP contribution in [0.25, 0.3) is 0 Å². The van der Waals surface area contributed by atoms with Crippen molar-refractivity contribution in [2.24, 2.45) is 0 Å². The second-order valence-corrected chi connectivity index (χ2v) is 2.87. The van der Waals surface area contributed by atoms with Crippen LogP contribution in [0.5, 0.6) is 0 Å². The Morgan fingerprint density at radius 2 is 1.67 bits per heavy atom. The van der Waals surface area contributed by atoms with Gasteiger partial charge in [0.2, 0.25) is 0 Å². The summed E-state index contributed by atoms with van der Waals surface area (Å²) in [5.74, 6) is 0. The Morgan fingerprint density at radius 3 is 1.67 bits per heavy atom. The van der Waals surface area contributed by atoms with Crippen LogP contribution in [0.2, 0.25) is 0 Å². The van der Waals surface area contributed by atoms with Gasteiger partial charge in [-0.1, -0.05) is 0 Å². The fraction of sp³-hybridized carbons (Fsp3) is 0. The van der Waals surface area contributed by atoms with Gasteiger partial charge in [0.05, 0.1) is 0 Å². The van der Waals surface area contributed by atoms with Crippen molar-refractivity contribution in [2.75, 3.05) is 0 Å². The molecule has 0 heterocycles. The van der Waals surface area contributed by atoms with Crippen molar-refractivity contribution in [2.45, 2.75) is 0 Å². The van der Waals surface area contributed by atoms with E-state index in [2.05, 4.69) is 3.94 Å². The Bertz CT molecular complexity index is 41.3. The fourth-order valence-corrected chi connectivity index (χ4v) is 0. The van der Waals surface area contributed by atoms with Gasteiger partial charge in [0.15, 0.2) is 0 Å². The first-order chi connectivity index (χ1) is 1.91. The number of hydrogen-bond donors (Lipinski definition) is 0. The summed E-state index contributed by atoms with van der Waals surface area (Å²) in [6.07, 6.45) is 4.72. The van der Waals surface area contributed by atoms with E-state index < -0.39 is 20.0 Å². The predicted octanol–water partition coefficient (Wildman–Crippen LogP) is -1.21. The first kappa shape index (κ1) is 16.0. The minimum atomic E-state index is -0.776. The van der Waals surface area contributed by atoms with E-state index in [1.54, 1.807) is 0 Å². The van der Waals surface area contributed by atoms with Crippen molar-refractivity contribution < 1.29 is 11.0 Å². The Hall–Kier alpha value is 0.569. The molecule has 6 heavy (non-hydrogen) atoms. The molecule has 0 saturated carbocycles. The van der Waals surface area contributed by atoms with Crippen molar-refractivity contribution in [3.63, 3.8) is 0 Å². The molecule has 0 aromatic carbocycles. The molecule has 0 fully saturated rings. The zero-order valence-corrected chi connectivity index (χ0v) is 6.57. The molecule has 0 aliphatic heterocycles. The maximum absolute atomic E-state index is 5.12. The molecule has 0 spiro atoms. The van der Waals surface area contributed by atoms with Crippen molar-refractivity contribution in [1.29, 1.82) is 0 Å². The summed E-state index contributed by atoms with van der Waals surface area (Å²) in [5, 5.41) is 0. The average Bonchev–Trinajstić information content (AvgIpc) is 1.37. The molecule has 0 aliphatic rings. The van der Waals surface area contributed by atoms with Gasteiger partial charge in [-0.15, -0.1) is 0 Å². The molecule has 0 unspecified atom stereocenters. The van der Waals surface area contributed by atoms with Crippen LogP contribution in [0.15, 0.2) is 0 Å². The Labute approximate surface area is 50.4 Å². The molecule has 0 aromatic heterocycles. The van der Waals surface area contributed by atoms with Crippen LogP contribution in [0, 0.1) is 10.4 Å². The summed E-state index contributed by atoms with van der Waals surface area (Å²) in [5.41, 5.74) is 0. The monoisotopic (exact) mass is 216 g/mol. The molecule has 0 atom stereocenters. The molecule has 36 valence electrons. The van der Waals surface area contributed by atoms with E-state index >= 15 is 0 Å². The van der Waals surface area contributed by atoms with Gasteiger partial charge >= 0.3 is 39.3 Å². The largest absolute Gasteiger partial charge is 0.412 e. The molecule has 2 nitrogen and oxygen atoms in total. The van der Waals surface area contributed by atoms with Crippen molar-refractivity contribution in [1.82, 2.24) is 0 Å². The van der Waals surface area contributed by atoms with Gasteiger partial charge in [0.25, 0.3) is 0 Å². The molecule has 0 aromatic rings. The van der Waals surface area contributed by atoms with E-state index in [4.69, 9.17) is 15.3 Å². The third-order valence-corrected chi connectivity index (χ3v) is 1.10. The van der Waals surface area contributed by atoms with Crippen LogP contribution in [-0.2, 0) is 0 Å². The van der Waals surface area contributed by atoms with E-state index in [-0.39, 0.29) is 11.0 Å². The molecular formula is C2H5ClO2Sn. The number of hydrogen-bond acceptors (Lipinski definition) is 0. The van der Waals surface area contributed by atoms with Crippen molar-refractivity contribution in [3.05, 3.63) is 0 Å². The van der Waals surface area contributed by atoms with Gasteiger partial charge in [-0.3, -0.25) is 0 Å². The maximum Gasteiger partial charge on any atom is -0.412 e. The number of rotatable bonds is 0. The van der Waals surface area contributed by atoms with E-state index in [0.29, 0.717) is 0 Å². The second-order valence-electron chi connectivity index (χ2n) is 0.239. The Morgan fingerprint density at radius 1 is 1.50 bits per heavy atom. The van der Waals surface area contributed by atoms with E-state index in [1.165, 1.54) is 0 Å². The van der Waals surface area contributed by atoms with Gasteiger partial charge in [0.1, 0.15) is 0 Å². The van der Waals surface area contributed by atoms with Crippen molar-refractivity contribution in [3.8, 4) is 10.4 Å². The Balaban J connectivity index is -0.0000000450. The SMILES string of the molecule is C#[C][Sn][Cl].O.O. The number of terminal acetylenes is 1. The van der Waals surface area contributed by atoms with Gasteiger partial charge in [-0.05, 0) is 0 Å². The average molecular weight is 215 g/mol. The van der Waals surface area contributed by atoms with Crippen LogP contribution in [0.4, 0.5) is 0 Å². The van der Waals surface area contributed by atoms with Gasteiger partial charge < -0.3 is 11.0 Å². The first-order valence-electron chi connectivity index (χ1n) is 0.728. The molecule has 4 N–H and O–H groups in total. The summed E-state index contributed by atoms with van der Waals surface area (Å²) < 4.78 is 2.37. The third kappa shape index (κ3) is 23.6. The van der Waals surface area contributed by atoms with Gasteiger partial charge in [-0.2, -0.15) is 0 Å². The minimum absolute atomic E-state index is 0.